The maximum atomic E-state index is 11.8. The van der Waals surface area contributed by atoms with E-state index in [0.29, 0.717) is 11.5 Å². The van der Waals surface area contributed by atoms with Crippen LogP contribution in [0.15, 0.2) is 30.3 Å². The molecule has 0 unspecified atom stereocenters. The first-order valence-electron chi connectivity index (χ1n) is 8.76. The Morgan fingerprint density at radius 2 is 1.69 bits per heavy atom. The molecule has 0 spiro atoms. The second kappa shape index (κ2) is 10.8. The van der Waals surface area contributed by atoms with E-state index in [1.807, 2.05) is 24.3 Å². The van der Waals surface area contributed by atoms with E-state index in [-0.39, 0.29) is 37.2 Å². The second-order valence-electron chi connectivity index (χ2n) is 5.70. The van der Waals surface area contributed by atoms with Crippen LogP contribution in [0.1, 0.15) is 39.2 Å². The molecule has 0 radical (unpaired) electrons. The minimum Gasteiger partial charge on any atom is -0.426 e. The van der Waals surface area contributed by atoms with Crippen molar-refractivity contribution in [2.45, 2.75) is 40.0 Å². The molecule has 0 saturated carbocycles. The molecule has 0 amide bonds. The minimum atomic E-state index is -0.324. The van der Waals surface area contributed by atoms with Gasteiger partial charge in [-0.25, -0.2) is 0 Å². The SMILES string of the molecule is CCNCCc1cccc2cc(OC(=O)CC)cc(OC(=O)CC)c12.Cl. The fraction of sp³-hybridized carbons (Fsp3) is 0.400. The van der Waals surface area contributed by atoms with Crippen LogP contribution in [-0.2, 0) is 16.0 Å². The van der Waals surface area contributed by atoms with Gasteiger partial charge in [-0.05, 0) is 36.5 Å². The highest BCUT2D eigenvalue weighted by Gasteiger charge is 2.14. The molecular formula is C20H26ClNO4. The van der Waals surface area contributed by atoms with Crippen LogP contribution in [0.2, 0.25) is 0 Å². The number of halogens is 1. The molecule has 0 atom stereocenters. The van der Waals surface area contributed by atoms with Gasteiger partial charge in [0.25, 0.3) is 0 Å². The first-order chi connectivity index (χ1) is 12.1. The number of carbonyl (C=O) groups is 2. The number of likely N-dealkylation sites (N-methyl/N-ethyl adjacent to an activating group) is 1. The summed E-state index contributed by atoms with van der Waals surface area (Å²) in [5, 5.41) is 5.07. The molecule has 2 aromatic carbocycles. The fourth-order valence-corrected chi connectivity index (χ4v) is 2.58. The van der Waals surface area contributed by atoms with Crippen molar-refractivity contribution in [1.82, 2.24) is 5.32 Å². The maximum absolute atomic E-state index is 11.8. The van der Waals surface area contributed by atoms with Crippen LogP contribution in [0.3, 0.4) is 0 Å². The summed E-state index contributed by atoms with van der Waals surface area (Å²) in [4.78, 5) is 23.5. The molecule has 2 rings (SSSR count). The zero-order chi connectivity index (χ0) is 18.2. The van der Waals surface area contributed by atoms with Gasteiger partial charge in [-0.2, -0.15) is 0 Å². The van der Waals surface area contributed by atoms with Crippen molar-refractivity contribution in [3.63, 3.8) is 0 Å². The Hall–Kier alpha value is -2.11. The summed E-state index contributed by atoms with van der Waals surface area (Å²) in [6.07, 6.45) is 1.38. The molecule has 0 aliphatic heterocycles. The van der Waals surface area contributed by atoms with E-state index in [0.717, 1.165) is 35.8 Å². The van der Waals surface area contributed by atoms with Crippen LogP contribution >= 0.6 is 12.4 Å². The topological polar surface area (TPSA) is 64.6 Å². The fourth-order valence-electron chi connectivity index (χ4n) is 2.58. The molecule has 0 aliphatic rings. The van der Waals surface area contributed by atoms with E-state index in [1.165, 1.54) is 0 Å². The predicted molar refractivity (Wildman–Crippen MR) is 105 cm³/mol. The number of nitrogens with one attached hydrogen (secondary N) is 1. The highest BCUT2D eigenvalue weighted by Crippen LogP contribution is 2.34. The Kier molecular flexibility index (Phi) is 9.10. The molecule has 0 heterocycles. The van der Waals surface area contributed by atoms with E-state index in [2.05, 4.69) is 12.2 Å². The molecule has 0 aliphatic carbocycles. The summed E-state index contributed by atoms with van der Waals surface area (Å²) in [5.74, 6) is 0.189. The number of hydrogen-bond acceptors (Lipinski definition) is 5. The van der Waals surface area contributed by atoms with Gasteiger partial charge in [-0.15, -0.1) is 12.4 Å². The Bertz CT molecular complexity index is 761. The molecule has 26 heavy (non-hydrogen) atoms. The summed E-state index contributed by atoms with van der Waals surface area (Å²) < 4.78 is 10.9. The van der Waals surface area contributed by atoms with E-state index in [1.54, 1.807) is 19.9 Å². The smallest absolute Gasteiger partial charge is 0.310 e. The number of rotatable bonds is 8. The summed E-state index contributed by atoms with van der Waals surface area (Å²) >= 11 is 0. The highest BCUT2D eigenvalue weighted by molar-refractivity contribution is 5.95. The zero-order valence-electron chi connectivity index (χ0n) is 15.5. The lowest BCUT2D eigenvalue weighted by molar-refractivity contribution is -0.134. The largest absolute Gasteiger partial charge is 0.426 e. The lowest BCUT2D eigenvalue weighted by Gasteiger charge is -2.14. The third-order valence-corrected chi connectivity index (χ3v) is 3.85. The first kappa shape index (κ1) is 21.9. The lowest BCUT2D eigenvalue weighted by Crippen LogP contribution is -2.16. The van der Waals surface area contributed by atoms with Gasteiger partial charge in [0.05, 0.1) is 0 Å². The van der Waals surface area contributed by atoms with Crippen LogP contribution in [0.25, 0.3) is 10.8 Å². The molecular weight excluding hydrogens is 354 g/mol. The minimum absolute atomic E-state index is 0. The molecule has 6 heteroatoms. The van der Waals surface area contributed by atoms with Gasteiger partial charge < -0.3 is 14.8 Å². The molecule has 0 bridgehead atoms. The van der Waals surface area contributed by atoms with Gasteiger partial charge in [-0.3, -0.25) is 9.59 Å². The Morgan fingerprint density at radius 1 is 1.00 bits per heavy atom. The molecule has 5 nitrogen and oxygen atoms in total. The van der Waals surface area contributed by atoms with Gasteiger partial charge in [0, 0.05) is 24.3 Å². The Morgan fingerprint density at radius 3 is 2.35 bits per heavy atom. The van der Waals surface area contributed by atoms with Crippen LogP contribution in [0.4, 0.5) is 0 Å². The van der Waals surface area contributed by atoms with Gasteiger partial charge in [0.15, 0.2) is 0 Å². The lowest BCUT2D eigenvalue weighted by atomic mass is 10.0. The van der Waals surface area contributed by atoms with E-state index >= 15 is 0 Å². The average Bonchev–Trinajstić information content (AvgIpc) is 2.61. The summed E-state index contributed by atoms with van der Waals surface area (Å²) in [6, 6.07) is 9.35. The molecule has 2 aromatic rings. The van der Waals surface area contributed by atoms with E-state index < -0.39 is 0 Å². The molecule has 1 N–H and O–H groups in total. The second-order valence-corrected chi connectivity index (χ2v) is 5.70. The van der Waals surface area contributed by atoms with Gasteiger partial charge in [0.1, 0.15) is 11.5 Å². The first-order valence-corrected chi connectivity index (χ1v) is 8.76. The van der Waals surface area contributed by atoms with Gasteiger partial charge in [0.2, 0.25) is 0 Å². The third kappa shape index (κ3) is 5.71. The predicted octanol–water partition coefficient (Wildman–Crippen LogP) is 4.04. The summed E-state index contributed by atoms with van der Waals surface area (Å²) in [6.45, 7) is 7.28. The van der Waals surface area contributed by atoms with E-state index in [4.69, 9.17) is 9.47 Å². The third-order valence-electron chi connectivity index (χ3n) is 3.85. The van der Waals surface area contributed by atoms with Crippen LogP contribution in [-0.4, -0.2) is 25.0 Å². The molecule has 142 valence electrons. The molecule has 0 fully saturated rings. The number of benzene rings is 2. The van der Waals surface area contributed by atoms with Crippen molar-refractivity contribution in [2.75, 3.05) is 13.1 Å². The van der Waals surface area contributed by atoms with Crippen molar-refractivity contribution in [1.29, 1.82) is 0 Å². The van der Waals surface area contributed by atoms with Crippen LogP contribution in [0.5, 0.6) is 11.5 Å². The monoisotopic (exact) mass is 379 g/mol. The number of ether oxygens (including phenoxy) is 2. The van der Waals surface area contributed by atoms with Crippen molar-refractivity contribution in [2.24, 2.45) is 0 Å². The van der Waals surface area contributed by atoms with Gasteiger partial charge in [-0.1, -0.05) is 39.0 Å². The number of hydrogen-bond donors (Lipinski definition) is 1. The quantitative estimate of drug-likeness (QED) is 0.426. The summed E-state index contributed by atoms with van der Waals surface area (Å²) in [7, 11) is 0. The van der Waals surface area contributed by atoms with Crippen molar-refractivity contribution in [3.8, 4) is 11.5 Å². The number of fused-ring (bicyclic) bond motifs is 1. The van der Waals surface area contributed by atoms with Crippen LogP contribution in [0, 0.1) is 0 Å². The average molecular weight is 380 g/mol. The van der Waals surface area contributed by atoms with Crippen LogP contribution < -0.4 is 14.8 Å². The van der Waals surface area contributed by atoms with Crippen molar-refractivity contribution in [3.05, 3.63) is 35.9 Å². The number of carbonyl (C=O) groups excluding carboxylic acids is 2. The van der Waals surface area contributed by atoms with Crippen molar-refractivity contribution < 1.29 is 19.1 Å². The molecule has 0 saturated heterocycles. The normalized spacial score (nSPS) is 10.3. The van der Waals surface area contributed by atoms with E-state index in [9.17, 15) is 9.59 Å². The molecule has 0 aromatic heterocycles. The Labute approximate surface area is 160 Å². The van der Waals surface area contributed by atoms with Gasteiger partial charge >= 0.3 is 11.9 Å². The zero-order valence-corrected chi connectivity index (χ0v) is 16.3. The Balaban J connectivity index is 0.00000338. The van der Waals surface area contributed by atoms with Crippen molar-refractivity contribution >= 4 is 35.1 Å². The summed E-state index contributed by atoms with van der Waals surface area (Å²) in [5.41, 5.74) is 1.09. The highest BCUT2D eigenvalue weighted by atomic mass is 35.5. The number of esters is 2. The standard InChI is InChI=1S/C20H25NO4.ClH/c1-4-18(22)24-16-12-15-9-7-8-14(10-11-21-6-3)20(15)17(13-16)25-19(23)5-2;/h7-9,12-13,21H,4-6,10-11H2,1-3H3;1H. The maximum Gasteiger partial charge on any atom is 0.310 e.